The molecule has 0 aliphatic carbocycles. The molecule has 0 radical (unpaired) electrons. The van der Waals surface area contributed by atoms with Crippen molar-refractivity contribution < 1.29 is 9.47 Å². The highest BCUT2D eigenvalue weighted by atomic mass is 16.5. The van der Waals surface area contributed by atoms with Crippen LogP contribution < -0.4 is 0 Å². The van der Waals surface area contributed by atoms with Gasteiger partial charge in [-0.25, -0.2) is 0 Å². The number of rotatable bonds is 4. The van der Waals surface area contributed by atoms with Gasteiger partial charge in [-0.05, 0) is 26.3 Å². The van der Waals surface area contributed by atoms with Gasteiger partial charge in [0, 0.05) is 7.11 Å². The van der Waals surface area contributed by atoms with Crippen molar-refractivity contribution in [3.8, 4) is 0 Å². The maximum absolute atomic E-state index is 5.46. The Morgan fingerprint density at radius 2 is 1.82 bits per heavy atom. The van der Waals surface area contributed by atoms with Crippen LogP contribution in [0.15, 0.2) is 12.2 Å². The molecule has 0 aliphatic heterocycles. The van der Waals surface area contributed by atoms with Crippen LogP contribution in [0.2, 0.25) is 0 Å². The molecule has 0 rings (SSSR count). The van der Waals surface area contributed by atoms with E-state index in [0.717, 1.165) is 5.57 Å². The van der Waals surface area contributed by atoms with E-state index in [1.165, 1.54) is 0 Å². The Morgan fingerprint density at radius 3 is 2.18 bits per heavy atom. The Morgan fingerprint density at radius 1 is 1.27 bits per heavy atom. The van der Waals surface area contributed by atoms with Gasteiger partial charge in [0.05, 0.1) is 18.8 Å². The van der Waals surface area contributed by atoms with Crippen LogP contribution in [0.3, 0.4) is 0 Å². The molecule has 66 valence electrons. The molecule has 0 atom stereocenters. The molecule has 0 spiro atoms. The fraction of sp³-hybridized carbons (Fsp3) is 0.778. The van der Waals surface area contributed by atoms with E-state index in [2.05, 4.69) is 6.58 Å². The maximum atomic E-state index is 5.46. The zero-order valence-corrected chi connectivity index (χ0v) is 7.94. The molecule has 11 heavy (non-hydrogen) atoms. The second-order valence-corrected chi connectivity index (χ2v) is 3.58. The van der Waals surface area contributed by atoms with E-state index >= 15 is 0 Å². The number of hydrogen-bond donors (Lipinski definition) is 0. The lowest BCUT2D eigenvalue weighted by molar-refractivity contribution is 0.00715. The molecule has 2 heteroatoms. The van der Waals surface area contributed by atoms with E-state index < -0.39 is 0 Å². The second kappa shape index (κ2) is 4.52. The molecule has 0 bridgehead atoms. The van der Waals surface area contributed by atoms with Crippen molar-refractivity contribution in [2.45, 2.75) is 26.4 Å². The highest BCUT2D eigenvalue weighted by Gasteiger charge is 2.09. The van der Waals surface area contributed by atoms with Crippen molar-refractivity contribution in [2.24, 2.45) is 0 Å². The lowest BCUT2D eigenvalue weighted by Crippen LogP contribution is -2.21. The lowest BCUT2D eigenvalue weighted by atomic mass is 10.2. The monoisotopic (exact) mass is 158 g/mol. The van der Waals surface area contributed by atoms with Crippen LogP contribution in [0.5, 0.6) is 0 Å². The summed E-state index contributed by atoms with van der Waals surface area (Å²) < 4.78 is 10.4. The summed E-state index contributed by atoms with van der Waals surface area (Å²) in [5.74, 6) is 0. The minimum absolute atomic E-state index is 0.0866. The van der Waals surface area contributed by atoms with Gasteiger partial charge in [0.1, 0.15) is 0 Å². The van der Waals surface area contributed by atoms with E-state index in [9.17, 15) is 0 Å². The molecule has 0 aliphatic rings. The predicted molar refractivity (Wildman–Crippen MR) is 46.7 cm³/mol. The van der Waals surface area contributed by atoms with Gasteiger partial charge in [-0.1, -0.05) is 6.58 Å². The third-order valence-corrected chi connectivity index (χ3v) is 1.06. The third-order valence-electron chi connectivity index (χ3n) is 1.06. The molecule has 0 aromatic carbocycles. The summed E-state index contributed by atoms with van der Waals surface area (Å²) in [5.41, 5.74) is 0.888. The van der Waals surface area contributed by atoms with Crippen molar-refractivity contribution in [2.75, 3.05) is 20.3 Å². The summed E-state index contributed by atoms with van der Waals surface area (Å²) in [6, 6.07) is 0. The highest BCUT2D eigenvalue weighted by molar-refractivity contribution is 4.94. The van der Waals surface area contributed by atoms with Gasteiger partial charge in [0.15, 0.2) is 0 Å². The van der Waals surface area contributed by atoms with Crippen LogP contribution in [0, 0.1) is 0 Å². The molecule has 0 amide bonds. The smallest absolute Gasteiger partial charge is 0.0703 e. The zero-order valence-electron chi connectivity index (χ0n) is 7.94. The fourth-order valence-electron chi connectivity index (χ4n) is 0.564. The Labute approximate surface area is 69.2 Å². The van der Waals surface area contributed by atoms with Crippen molar-refractivity contribution in [3.63, 3.8) is 0 Å². The lowest BCUT2D eigenvalue weighted by Gasteiger charge is -2.20. The van der Waals surface area contributed by atoms with Crippen molar-refractivity contribution in [1.29, 1.82) is 0 Å². The van der Waals surface area contributed by atoms with Crippen LogP contribution in [0.1, 0.15) is 20.8 Å². The average Bonchev–Trinajstić information content (AvgIpc) is 1.83. The number of ether oxygens (including phenoxy) is 2. The Bertz CT molecular complexity index is 122. The summed E-state index contributed by atoms with van der Waals surface area (Å²) in [4.78, 5) is 0. The number of hydrogen-bond acceptors (Lipinski definition) is 2. The number of methoxy groups -OCH3 is 1. The van der Waals surface area contributed by atoms with E-state index in [0.29, 0.717) is 13.2 Å². The first-order valence-corrected chi connectivity index (χ1v) is 3.75. The first kappa shape index (κ1) is 10.7. The highest BCUT2D eigenvalue weighted by Crippen LogP contribution is 2.08. The normalized spacial score (nSPS) is 11.6. The summed E-state index contributed by atoms with van der Waals surface area (Å²) in [7, 11) is 1.66. The van der Waals surface area contributed by atoms with E-state index in [-0.39, 0.29) is 5.60 Å². The molecule has 0 fully saturated rings. The van der Waals surface area contributed by atoms with Gasteiger partial charge in [0.2, 0.25) is 0 Å². The van der Waals surface area contributed by atoms with Gasteiger partial charge in [-0.15, -0.1) is 0 Å². The standard InChI is InChI=1S/C9H18O2/c1-8(6-10-5)7-11-9(2,3)4/h1,6-7H2,2-5H3. The average molecular weight is 158 g/mol. The Hall–Kier alpha value is -0.340. The molecule has 0 aromatic heterocycles. The molecule has 0 N–H and O–H groups in total. The van der Waals surface area contributed by atoms with Gasteiger partial charge in [-0.3, -0.25) is 0 Å². The quantitative estimate of drug-likeness (QED) is 0.583. The van der Waals surface area contributed by atoms with Crippen LogP contribution in [0.25, 0.3) is 0 Å². The second-order valence-electron chi connectivity index (χ2n) is 3.58. The van der Waals surface area contributed by atoms with Gasteiger partial charge >= 0.3 is 0 Å². The minimum atomic E-state index is -0.0866. The topological polar surface area (TPSA) is 18.5 Å². The zero-order chi connectivity index (χ0) is 8.91. The van der Waals surface area contributed by atoms with E-state index in [1.54, 1.807) is 7.11 Å². The molecule has 0 saturated carbocycles. The molecule has 2 nitrogen and oxygen atoms in total. The molecule has 0 aromatic rings. The minimum Gasteiger partial charge on any atom is -0.380 e. The summed E-state index contributed by atoms with van der Waals surface area (Å²) >= 11 is 0. The van der Waals surface area contributed by atoms with Gasteiger partial charge in [0.25, 0.3) is 0 Å². The van der Waals surface area contributed by atoms with E-state index in [1.807, 2.05) is 20.8 Å². The summed E-state index contributed by atoms with van der Waals surface area (Å²) in [6.45, 7) is 11.0. The first-order valence-electron chi connectivity index (χ1n) is 3.75. The van der Waals surface area contributed by atoms with Crippen LogP contribution in [0.4, 0.5) is 0 Å². The maximum Gasteiger partial charge on any atom is 0.0703 e. The van der Waals surface area contributed by atoms with E-state index in [4.69, 9.17) is 9.47 Å². The largest absolute Gasteiger partial charge is 0.380 e. The van der Waals surface area contributed by atoms with Crippen LogP contribution >= 0.6 is 0 Å². The van der Waals surface area contributed by atoms with Gasteiger partial charge in [-0.2, -0.15) is 0 Å². The van der Waals surface area contributed by atoms with Crippen molar-refractivity contribution >= 4 is 0 Å². The van der Waals surface area contributed by atoms with Crippen molar-refractivity contribution in [1.82, 2.24) is 0 Å². The Balaban J connectivity index is 3.46. The molecule has 0 saturated heterocycles. The third kappa shape index (κ3) is 7.56. The molecule has 0 unspecified atom stereocenters. The van der Waals surface area contributed by atoms with Crippen LogP contribution in [-0.2, 0) is 9.47 Å². The fourth-order valence-corrected chi connectivity index (χ4v) is 0.564. The van der Waals surface area contributed by atoms with Crippen LogP contribution in [-0.4, -0.2) is 25.9 Å². The van der Waals surface area contributed by atoms with Gasteiger partial charge < -0.3 is 9.47 Å². The SMILES string of the molecule is C=C(COC)COC(C)(C)C. The summed E-state index contributed by atoms with van der Waals surface area (Å²) in [5, 5.41) is 0. The van der Waals surface area contributed by atoms with Crippen molar-refractivity contribution in [3.05, 3.63) is 12.2 Å². The molecular formula is C9H18O2. The summed E-state index contributed by atoms with van der Waals surface area (Å²) in [6.07, 6.45) is 0. The molecular weight excluding hydrogens is 140 g/mol. The molecule has 0 heterocycles. The first-order chi connectivity index (χ1) is 4.95. The predicted octanol–water partition coefficient (Wildman–Crippen LogP) is 2.00. The Kier molecular flexibility index (Phi) is 4.38.